The summed E-state index contributed by atoms with van der Waals surface area (Å²) in [5, 5.41) is 20.1. The lowest BCUT2D eigenvalue weighted by molar-refractivity contribution is -0.135. The molecule has 4 heteroatoms. The number of aliphatic hydroxyl groups excluding tert-OH is 2. The normalized spacial score (nSPS) is 45.9. The van der Waals surface area contributed by atoms with Crippen LogP contribution in [0.1, 0.15) is 46.0 Å². The zero-order valence-corrected chi connectivity index (χ0v) is 14.1. The number of hydrogen-bond acceptors (Lipinski definition) is 4. The van der Waals surface area contributed by atoms with Crippen LogP contribution in [0.25, 0.3) is 0 Å². The third-order valence-corrected chi connectivity index (χ3v) is 6.67. The highest BCUT2D eigenvalue weighted by Gasteiger charge is 2.50. The van der Waals surface area contributed by atoms with Crippen molar-refractivity contribution in [3.8, 4) is 0 Å². The van der Waals surface area contributed by atoms with E-state index in [1.165, 1.54) is 5.57 Å². The summed E-state index contributed by atoms with van der Waals surface area (Å²) in [6, 6.07) is 0. The zero-order chi connectivity index (χ0) is 16.8. The molecule has 2 N–H and O–H groups in total. The van der Waals surface area contributed by atoms with Gasteiger partial charge in [0.25, 0.3) is 0 Å². The zero-order valence-electron chi connectivity index (χ0n) is 14.1. The highest BCUT2D eigenvalue weighted by Crippen LogP contribution is 2.57. The van der Waals surface area contributed by atoms with Crippen LogP contribution in [-0.2, 0) is 9.53 Å². The summed E-state index contributed by atoms with van der Waals surface area (Å²) in [6.45, 7) is 8.84. The number of hydrogen-bond donors (Lipinski definition) is 2. The second-order valence-electron chi connectivity index (χ2n) is 7.84. The van der Waals surface area contributed by atoms with Gasteiger partial charge in [-0.2, -0.15) is 0 Å². The van der Waals surface area contributed by atoms with E-state index in [0.717, 1.165) is 32.1 Å². The highest BCUT2D eigenvalue weighted by atomic mass is 16.6. The lowest BCUT2D eigenvalue weighted by Crippen LogP contribution is -2.49. The van der Waals surface area contributed by atoms with Crippen LogP contribution >= 0.6 is 0 Å². The quantitative estimate of drug-likeness (QED) is 0.466. The van der Waals surface area contributed by atoms with E-state index in [1.54, 1.807) is 0 Å². The predicted molar refractivity (Wildman–Crippen MR) is 87.5 cm³/mol. The van der Waals surface area contributed by atoms with Gasteiger partial charge in [0.1, 0.15) is 12.7 Å². The third kappa shape index (κ3) is 2.76. The molecule has 0 aromatic rings. The van der Waals surface area contributed by atoms with E-state index < -0.39 is 12.1 Å². The molecule has 23 heavy (non-hydrogen) atoms. The van der Waals surface area contributed by atoms with Gasteiger partial charge in [0.05, 0.1) is 11.7 Å². The van der Waals surface area contributed by atoms with Crippen LogP contribution in [-0.4, -0.2) is 35.0 Å². The number of esters is 1. The summed E-state index contributed by atoms with van der Waals surface area (Å²) in [5.74, 6) is 0.692. The number of carbonyl (C=O) groups is 1. The number of ether oxygens (including phenoxy) is 1. The van der Waals surface area contributed by atoms with Crippen molar-refractivity contribution in [2.45, 2.75) is 58.2 Å². The van der Waals surface area contributed by atoms with Crippen LogP contribution in [0.15, 0.2) is 23.8 Å². The summed E-state index contributed by atoms with van der Waals surface area (Å²) >= 11 is 0. The Labute approximate surface area is 138 Å². The Kier molecular flexibility index (Phi) is 4.41. The van der Waals surface area contributed by atoms with Crippen molar-refractivity contribution in [1.82, 2.24) is 0 Å². The minimum Gasteiger partial charge on any atom is -0.459 e. The molecule has 2 aliphatic carbocycles. The van der Waals surface area contributed by atoms with Crippen LogP contribution in [0, 0.1) is 23.2 Å². The molecular weight excluding hydrogens is 292 g/mol. The van der Waals surface area contributed by atoms with Gasteiger partial charge in [0.2, 0.25) is 0 Å². The Morgan fingerprint density at radius 3 is 2.78 bits per heavy atom. The molecule has 3 rings (SSSR count). The van der Waals surface area contributed by atoms with E-state index in [2.05, 4.69) is 20.4 Å². The van der Waals surface area contributed by atoms with Gasteiger partial charge < -0.3 is 14.9 Å². The SMILES string of the molecule is C=C1CC[C@@H]2[C@@H](C)[C@@H](O)CC[C@@]2(C)[C@@H]1CC=C1C(=O)OCC1O. The average Bonchev–Trinajstić information content (AvgIpc) is 2.82. The topological polar surface area (TPSA) is 66.8 Å². The number of allylic oxidation sites excluding steroid dienone is 2. The van der Waals surface area contributed by atoms with Gasteiger partial charge in [-0.1, -0.05) is 32.1 Å². The molecule has 1 aliphatic heterocycles. The van der Waals surface area contributed by atoms with E-state index in [4.69, 9.17) is 4.74 Å². The molecule has 1 heterocycles. The molecule has 0 aromatic carbocycles. The lowest BCUT2D eigenvalue weighted by Gasteiger charge is -2.55. The monoisotopic (exact) mass is 320 g/mol. The standard InChI is InChI=1S/C19H28O4/c1-11-4-6-15-12(2)16(20)8-9-19(15,3)14(11)7-5-13-17(21)10-23-18(13)22/h5,12,14-17,20-21H,1,4,6-10H2,2-3H3/t12-,14-,15-,16+,17?,19+/m1/s1. The minimum atomic E-state index is -0.796. The van der Waals surface area contributed by atoms with E-state index in [-0.39, 0.29) is 18.1 Å². The number of carbonyl (C=O) groups excluding carboxylic acids is 1. The maximum absolute atomic E-state index is 11.7. The summed E-state index contributed by atoms with van der Waals surface area (Å²) in [5.41, 5.74) is 1.75. The smallest absolute Gasteiger partial charge is 0.336 e. The fraction of sp³-hybridized carbons (Fsp3) is 0.737. The minimum absolute atomic E-state index is 0.0688. The summed E-state index contributed by atoms with van der Waals surface area (Å²) in [4.78, 5) is 11.7. The first kappa shape index (κ1) is 16.7. The summed E-state index contributed by atoms with van der Waals surface area (Å²) in [6.07, 6.45) is 5.47. The number of rotatable bonds is 2. The van der Waals surface area contributed by atoms with Crippen molar-refractivity contribution < 1.29 is 19.7 Å². The van der Waals surface area contributed by atoms with Gasteiger partial charge >= 0.3 is 5.97 Å². The van der Waals surface area contributed by atoms with E-state index in [1.807, 2.05) is 6.08 Å². The Hall–Kier alpha value is -1.13. The highest BCUT2D eigenvalue weighted by molar-refractivity contribution is 5.91. The molecular formula is C19H28O4. The Morgan fingerprint density at radius 1 is 1.39 bits per heavy atom. The molecule has 0 aromatic heterocycles. The van der Waals surface area contributed by atoms with Gasteiger partial charge in [-0.05, 0) is 55.3 Å². The average molecular weight is 320 g/mol. The second-order valence-corrected chi connectivity index (χ2v) is 7.84. The van der Waals surface area contributed by atoms with Crippen molar-refractivity contribution in [1.29, 1.82) is 0 Å². The first-order chi connectivity index (χ1) is 10.8. The molecule has 3 aliphatic rings. The van der Waals surface area contributed by atoms with Crippen LogP contribution in [0.2, 0.25) is 0 Å². The summed E-state index contributed by atoms with van der Waals surface area (Å²) in [7, 11) is 0. The molecule has 1 unspecified atom stereocenters. The van der Waals surface area contributed by atoms with Crippen molar-refractivity contribution in [2.75, 3.05) is 6.61 Å². The van der Waals surface area contributed by atoms with Gasteiger partial charge in [0.15, 0.2) is 0 Å². The Morgan fingerprint density at radius 2 is 2.13 bits per heavy atom. The number of cyclic esters (lactones) is 1. The first-order valence-electron chi connectivity index (χ1n) is 8.75. The first-order valence-corrected chi connectivity index (χ1v) is 8.75. The fourth-order valence-electron chi connectivity index (χ4n) is 5.15. The largest absolute Gasteiger partial charge is 0.459 e. The van der Waals surface area contributed by atoms with E-state index >= 15 is 0 Å². The molecule has 0 amide bonds. The van der Waals surface area contributed by atoms with Crippen molar-refractivity contribution >= 4 is 5.97 Å². The molecule has 6 atom stereocenters. The third-order valence-electron chi connectivity index (χ3n) is 6.67. The van der Waals surface area contributed by atoms with Crippen LogP contribution in [0.4, 0.5) is 0 Å². The van der Waals surface area contributed by atoms with Crippen molar-refractivity contribution in [3.05, 3.63) is 23.8 Å². The molecule has 4 nitrogen and oxygen atoms in total. The number of fused-ring (bicyclic) bond motifs is 1. The second kappa shape index (κ2) is 6.06. The van der Waals surface area contributed by atoms with E-state index in [0.29, 0.717) is 23.3 Å². The molecule has 2 saturated carbocycles. The summed E-state index contributed by atoms with van der Waals surface area (Å²) < 4.78 is 4.89. The van der Waals surface area contributed by atoms with E-state index in [9.17, 15) is 15.0 Å². The van der Waals surface area contributed by atoms with Gasteiger partial charge in [-0.25, -0.2) is 4.79 Å². The molecule has 3 fully saturated rings. The van der Waals surface area contributed by atoms with Crippen LogP contribution < -0.4 is 0 Å². The molecule has 0 radical (unpaired) electrons. The Balaban J connectivity index is 1.83. The van der Waals surface area contributed by atoms with Crippen LogP contribution in [0.3, 0.4) is 0 Å². The van der Waals surface area contributed by atoms with Crippen LogP contribution in [0.5, 0.6) is 0 Å². The Bertz CT molecular complexity index is 537. The maximum atomic E-state index is 11.7. The number of aliphatic hydroxyl groups is 2. The lowest BCUT2D eigenvalue weighted by atomic mass is 9.50. The molecule has 0 bridgehead atoms. The van der Waals surface area contributed by atoms with Gasteiger partial charge in [-0.15, -0.1) is 0 Å². The van der Waals surface area contributed by atoms with Crippen molar-refractivity contribution in [3.63, 3.8) is 0 Å². The molecule has 0 spiro atoms. The predicted octanol–water partition coefficient (Wildman–Crippen LogP) is 2.60. The molecule has 128 valence electrons. The maximum Gasteiger partial charge on any atom is 0.336 e. The van der Waals surface area contributed by atoms with Crippen molar-refractivity contribution in [2.24, 2.45) is 23.2 Å². The molecule has 1 saturated heterocycles. The van der Waals surface area contributed by atoms with Gasteiger partial charge in [0, 0.05) is 0 Å². The van der Waals surface area contributed by atoms with Gasteiger partial charge in [-0.3, -0.25) is 0 Å². The fourth-order valence-corrected chi connectivity index (χ4v) is 5.15.